The van der Waals surface area contributed by atoms with E-state index in [-0.39, 0.29) is 24.0 Å². The van der Waals surface area contributed by atoms with Crippen LogP contribution in [0.15, 0.2) is 47.6 Å². The van der Waals surface area contributed by atoms with Crippen LogP contribution in [0.4, 0.5) is 5.69 Å². The van der Waals surface area contributed by atoms with Crippen LogP contribution in [0.25, 0.3) is 0 Å². The fourth-order valence-electron chi connectivity index (χ4n) is 2.55. The fourth-order valence-corrected chi connectivity index (χ4v) is 2.66. The van der Waals surface area contributed by atoms with E-state index in [1.165, 1.54) is 11.3 Å². The number of pyridine rings is 1. The standard InChI is InChI=1S/C16H17ClN4.HI/c1-18-16(20-11-12-6-7-15(17)19-10-12)21-9-8-13-4-2-3-5-14(13)21;/h2-7,10H,8-9,11H2,1H3,(H,18,20);1H. The molecule has 1 aliphatic rings. The summed E-state index contributed by atoms with van der Waals surface area (Å²) < 4.78 is 0. The van der Waals surface area contributed by atoms with E-state index in [0.717, 1.165) is 24.5 Å². The first-order valence-electron chi connectivity index (χ1n) is 6.94. The van der Waals surface area contributed by atoms with Crippen molar-refractivity contribution in [1.82, 2.24) is 10.3 Å². The number of nitrogens with one attached hydrogen (secondary N) is 1. The molecule has 2 aromatic rings. The smallest absolute Gasteiger partial charge is 0.198 e. The number of anilines is 1. The van der Waals surface area contributed by atoms with E-state index in [1.54, 1.807) is 12.3 Å². The molecule has 0 radical (unpaired) electrons. The average Bonchev–Trinajstić information content (AvgIpc) is 2.94. The van der Waals surface area contributed by atoms with Crippen LogP contribution in [0.1, 0.15) is 11.1 Å². The normalized spacial score (nSPS) is 13.5. The minimum absolute atomic E-state index is 0. The van der Waals surface area contributed by atoms with Gasteiger partial charge >= 0.3 is 0 Å². The summed E-state index contributed by atoms with van der Waals surface area (Å²) in [5.41, 5.74) is 3.68. The number of halogens is 2. The summed E-state index contributed by atoms with van der Waals surface area (Å²) >= 11 is 5.80. The monoisotopic (exact) mass is 428 g/mol. The second-order valence-electron chi connectivity index (χ2n) is 4.92. The number of aliphatic imine (C=N–C) groups is 1. The predicted octanol–water partition coefficient (Wildman–Crippen LogP) is 3.49. The zero-order chi connectivity index (χ0) is 14.7. The highest BCUT2D eigenvalue weighted by Crippen LogP contribution is 2.27. The quantitative estimate of drug-likeness (QED) is 0.344. The van der Waals surface area contributed by atoms with E-state index in [9.17, 15) is 0 Å². The molecule has 22 heavy (non-hydrogen) atoms. The van der Waals surface area contributed by atoms with E-state index in [1.807, 2.05) is 13.1 Å². The maximum Gasteiger partial charge on any atom is 0.198 e. The van der Waals surface area contributed by atoms with Crippen molar-refractivity contribution in [3.05, 3.63) is 58.9 Å². The van der Waals surface area contributed by atoms with E-state index < -0.39 is 0 Å². The van der Waals surface area contributed by atoms with Gasteiger partial charge in [0.15, 0.2) is 5.96 Å². The Balaban J connectivity index is 0.00000176. The summed E-state index contributed by atoms with van der Waals surface area (Å²) in [6.07, 6.45) is 2.83. The number of para-hydroxylation sites is 1. The second kappa shape index (κ2) is 7.78. The van der Waals surface area contributed by atoms with Crippen LogP contribution in [0.3, 0.4) is 0 Å². The van der Waals surface area contributed by atoms with Crippen LogP contribution in [0, 0.1) is 0 Å². The lowest BCUT2D eigenvalue weighted by molar-refractivity contribution is 0.862. The van der Waals surface area contributed by atoms with Gasteiger partial charge in [-0.3, -0.25) is 4.99 Å². The molecule has 0 saturated carbocycles. The van der Waals surface area contributed by atoms with Crippen LogP contribution < -0.4 is 10.2 Å². The molecule has 0 aliphatic carbocycles. The van der Waals surface area contributed by atoms with Gasteiger partial charge in [0.1, 0.15) is 5.15 Å². The summed E-state index contributed by atoms with van der Waals surface area (Å²) in [6, 6.07) is 12.2. The van der Waals surface area contributed by atoms with Crippen LogP contribution in [-0.4, -0.2) is 24.5 Å². The molecule has 0 saturated heterocycles. The van der Waals surface area contributed by atoms with E-state index in [4.69, 9.17) is 11.6 Å². The van der Waals surface area contributed by atoms with Gasteiger partial charge in [-0.25, -0.2) is 4.98 Å². The highest BCUT2D eigenvalue weighted by Gasteiger charge is 2.22. The highest BCUT2D eigenvalue weighted by atomic mass is 127. The first-order chi connectivity index (χ1) is 10.3. The Morgan fingerprint density at radius 2 is 2.14 bits per heavy atom. The molecule has 0 unspecified atom stereocenters. The molecule has 6 heteroatoms. The van der Waals surface area contributed by atoms with Gasteiger partial charge in [0.25, 0.3) is 0 Å². The summed E-state index contributed by atoms with van der Waals surface area (Å²) in [4.78, 5) is 10.7. The summed E-state index contributed by atoms with van der Waals surface area (Å²) in [7, 11) is 1.81. The van der Waals surface area contributed by atoms with Gasteiger partial charge in [-0.1, -0.05) is 35.9 Å². The third kappa shape index (κ3) is 3.70. The number of rotatable bonds is 2. The largest absolute Gasteiger partial charge is 0.352 e. The minimum atomic E-state index is 0. The zero-order valence-corrected chi connectivity index (χ0v) is 15.4. The van der Waals surface area contributed by atoms with Crippen molar-refractivity contribution in [2.45, 2.75) is 13.0 Å². The van der Waals surface area contributed by atoms with Crippen molar-refractivity contribution >= 4 is 47.2 Å². The molecule has 2 heterocycles. The Morgan fingerprint density at radius 3 is 2.86 bits per heavy atom. The van der Waals surface area contributed by atoms with Crippen LogP contribution in [-0.2, 0) is 13.0 Å². The number of guanidine groups is 1. The molecular formula is C16H18ClIN4. The first kappa shape index (κ1) is 17.0. The Morgan fingerprint density at radius 1 is 1.32 bits per heavy atom. The molecule has 1 aromatic carbocycles. The van der Waals surface area contributed by atoms with Gasteiger partial charge in [0.2, 0.25) is 0 Å². The lowest BCUT2D eigenvalue weighted by atomic mass is 10.2. The molecule has 1 aliphatic heterocycles. The van der Waals surface area contributed by atoms with Gasteiger partial charge in [0, 0.05) is 32.0 Å². The molecule has 3 rings (SSSR count). The van der Waals surface area contributed by atoms with Crippen molar-refractivity contribution < 1.29 is 0 Å². The molecule has 116 valence electrons. The number of benzene rings is 1. The number of hydrogen-bond donors (Lipinski definition) is 1. The molecule has 0 atom stereocenters. The average molecular weight is 429 g/mol. The van der Waals surface area contributed by atoms with Gasteiger partial charge < -0.3 is 10.2 Å². The molecule has 0 amide bonds. The predicted molar refractivity (Wildman–Crippen MR) is 102 cm³/mol. The maximum atomic E-state index is 5.80. The molecule has 0 fully saturated rings. The van der Waals surface area contributed by atoms with Crippen molar-refractivity contribution in [1.29, 1.82) is 0 Å². The van der Waals surface area contributed by atoms with Crippen LogP contribution in [0.5, 0.6) is 0 Å². The lowest BCUT2D eigenvalue weighted by Gasteiger charge is -2.22. The second-order valence-corrected chi connectivity index (χ2v) is 5.31. The summed E-state index contributed by atoms with van der Waals surface area (Å²) in [6.45, 7) is 1.63. The lowest BCUT2D eigenvalue weighted by Crippen LogP contribution is -2.40. The van der Waals surface area contributed by atoms with Crippen molar-refractivity contribution in [3.8, 4) is 0 Å². The first-order valence-corrected chi connectivity index (χ1v) is 7.32. The minimum Gasteiger partial charge on any atom is -0.352 e. The summed E-state index contributed by atoms with van der Waals surface area (Å²) in [5, 5.41) is 3.89. The Hall–Kier alpha value is -1.34. The topological polar surface area (TPSA) is 40.5 Å². The fraction of sp³-hybridized carbons (Fsp3) is 0.250. The van der Waals surface area contributed by atoms with E-state index in [0.29, 0.717) is 11.7 Å². The Labute approximate surface area is 152 Å². The SMILES string of the molecule is CN=C(NCc1ccc(Cl)nc1)N1CCc2ccccc21.I. The number of fused-ring (bicyclic) bond motifs is 1. The van der Waals surface area contributed by atoms with Crippen LogP contribution >= 0.6 is 35.6 Å². The van der Waals surface area contributed by atoms with Crippen molar-refractivity contribution in [2.75, 3.05) is 18.5 Å². The van der Waals surface area contributed by atoms with Crippen molar-refractivity contribution in [2.24, 2.45) is 4.99 Å². The van der Waals surface area contributed by atoms with Gasteiger partial charge in [0.05, 0.1) is 0 Å². The van der Waals surface area contributed by atoms with E-state index >= 15 is 0 Å². The third-order valence-corrected chi connectivity index (χ3v) is 3.82. The molecule has 0 bridgehead atoms. The zero-order valence-electron chi connectivity index (χ0n) is 12.3. The Kier molecular flexibility index (Phi) is 6.02. The van der Waals surface area contributed by atoms with Crippen molar-refractivity contribution in [3.63, 3.8) is 0 Å². The van der Waals surface area contributed by atoms with Gasteiger partial charge in [-0.05, 0) is 29.7 Å². The number of hydrogen-bond acceptors (Lipinski definition) is 2. The molecule has 0 spiro atoms. The molecular weight excluding hydrogens is 411 g/mol. The molecule has 1 N–H and O–H groups in total. The number of nitrogens with zero attached hydrogens (tertiary/aromatic N) is 3. The van der Waals surface area contributed by atoms with Gasteiger partial charge in [-0.2, -0.15) is 0 Å². The molecule has 1 aromatic heterocycles. The summed E-state index contributed by atoms with van der Waals surface area (Å²) in [5.74, 6) is 0.884. The van der Waals surface area contributed by atoms with E-state index in [2.05, 4.69) is 44.5 Å². The molecule has 4 nitrogen and oxygen atoms in total. The number of aromatic nitrogens is 1. The third-order valence-electron chi connectivity index (χ3n) is 3.59. The maximum absolute atomic E-state index is 5.80. The van der Waals surface area contributed by atoms with Gasteiger partial charge in [-0.15, -0.1) is 24.0 Å². The Bertz CT molecular complexity index is 657. The highest BCUT2D eigenvalue weighted by molar-refractivity contribution is 14.0. The van der Waals surface area contributed by atoms with Crippen LogP contribution in [0.2, 0.25) is 5.15 Å².